The molecule has 0 heterocycles. The smallest absolute Gasteiger partial charge is 0.0786 e. The molecule has 0 amide bonds. The summed E-state index contributed by atoms with van der Waals surface area (Å²) >= 11 is 0. The van der Waals surface area contributed by atoms with Crippen LogP contribution in [-0.2, 0) is 6.16 Å². The Hall–Kier alpha value is -0.510. The van der Waals surface area contributed by atoms with E-state index in [0.29, 0.717) is 0 Å². The third-order valence-corrected chi connectivity index (χ3v) is 9.67. The Balaban J connectivity index is 0. The molecule has 44 heavy (non-hydrogen) atoms. The monoisotopic (exact) mass is 639 g/mol. The fourth-order valence-electron chi connectivity index (χ4n) is 6.02. The van der Waals surface area contributed by atoms with Crippen molar-refractivity contribution in [3.63, 3.8) is 0 Å². The van der Waals surface area contributed by atoms with Crippen molar-refractivity contribution in [1.29, 1.82) is 0 Å². The molecule has 4 nitrogen and oxygen atoms in total. The minimum absolute atomic E-state index is 0.149. The molecule has 0 aromatic heterocycles. The second-order valence-corrected chi connectivity index (χ2v) is 14.3. The standard InChI is InChI=1S/2C16H36N.C7H7O2P/c2*1-5-9-13-17(14-10-6-2,15-11-7-3)16-12-8-4;8-10(9)6-7-4-2-1-3-5-7/h2*5-16H2,1-4H3;1-5H,6H2/q2*+1;-2. The molecule has 5 heteroatoms. The van der Waals surface area contributed by atoms with Gasteiger partial charge in [0.25, 0.3) is 0 Å². The number of hydrogen-bond donors (Lipinski definition) is 0. The molecule has 0 unspecified atom stereocenters. The lowest BCUT2D eigenvalue weighted by Crippen LogP contribution is -2.50. The van der Waals surface area contributed by atoms with Crippen LogP contribution >= 0.6 is 8.38 Å². The molecule has 1 aromatic rings. The molecule has 0 aliphatic carbocycles. The van der Waals surface area contributed by atoms with Crippen LogP contribution in [0.5, 0.6) is 0 Å². The summed E-state index contributed by atoms with van der Waals surface area (Å²) in [5.41, 5.74) is 0.846. The zero-order chi connectivity index (χ0) is 33.4. The highest BCUT2D eigenvalue weighted by molar-refractivity contribution is 7.41. The molecule has 0 saturated carbocycles. The van der Waals surface area contributed by atoms with Crippen LogP contribution in [0.2, 0.25) is 0 Å². The fourth-order valence-corrected chi connectivity index (χ4v) is 6.53. The SMILES string of the molecule is CCCC[N+](CCCC)(CCCC)CCCC.CCCC[N+](CCCC)(CCCC)CCCC.[O-]P([O-])Cc1ccccc1. The lowest BCUT2D eigenvalue weighted by Gasteiger charge is -2.39. The Morgan fingerprint density at radius 1 is 0.409 bits per heavy atom. The van der Waals surface area contributed by atoms with Gasteiger partial charge in [0, 0.05) is 0 Å². The van der Waals surface area contributed by atoms with Crippen molar-refractivity contribution in [2.45, 2.75) is 164 Å². The lowest BCUT2D eigenvalue weighted by atomic mass is 10.1. The van der Waals surface area contributed by atoms with Crippen molar-refractivity contribution < 1.29 is 18.8 Å². The highest BCUT2D eigenvalue weighted by atomic mass is 31.2. The molecule has 0 bridgehead atoms. The second-order valence-electron chi connectivity index (χ2n) is 13.3. The number of quaternary nitrogens is 2. The van der Waals surface area contributed by atoms with E-state index in [2.05, 4.69) is 55.4 Å². The number of hydrogen-bond acceptors (Lipinski definition) is 2. The van der Waals surface area contributed by atoms with Crippen molar-refractivity contribution in [2.24, 2.45) is 0 Å². The Labute approximate surface area is 279 Å². The fraction of sp³-hybridized carbons (Fsp3) is 0.846. The first-order valence-corrected chi connectivity index (χ1v) is 20.5. The summed E-state index contributed by atoms with van der Waals surface area (Å²) in [6, 6.07) is 9.11. The molecule has 1 aromatic carbocycles. The van der Waals surface area contributed by atoms with Gasteiger partial charge in [0.1, 0.15) is 0 Å². The quantitative estimate of drug-likeness (QED) is 0.0749. The summed E-state index contributed by atoms with van der Waals surface area (Å²) in [6.07, 6.45) is 22.3. The highest BCUT2D eigenvalue weighted by Crippen LogP contribution is 2.19. The zero-order valence-corrected chi connectivity index (χ0v) is 32.1. The van der Waals surface area contributed by atoms with E-state index in [1.165, 1.54) is 164 Å². The van der Waals surface area contributed by atoms with Crippen LogP contribution in [0.3, 0.4) is 0 Å². The van der Waals surface area contributed by atoms with Gasteiger partial charge in [-0.15, -0.1) is 0 Å². The Morgan fingerprint density at radius 2 is 0.636 bits per heavy atom. The lowest BCUT2D eigenvalue weighted by molar-refractivity contribution is -0.929. The first kappa shape index (κ1) is 45.6. The van der Waals surface area contributed by atoms with Gasteiger partial charge in [-0.1, -0.05) is 137 Å². The maximum Gasteiger partial charge on any atom is 0.0786 e. The Morgan fingerprint density at radius 3 is 0.818 bits per heavy atom. The van der Waals surface area contributed by atoms with Gasteiger partial charge >= 0.3 is 0 Å². The summed E-state index contributed by atoms with van der Waals surface area (Å²) in [6.45, 7) is 30.0. The summed E-state index contributed by atoms with van der Waals surface area (Å²) in [4.78, 5) is 20.4. The van der Waals surface area contributed by atoms with E-state index in [9.17, 15) is 9.79 Å². The van der Waals surface area contributed by atoms with Crippen molar-refractivity contribution in [1.82, 2.24) is 0 Å². The largest absolute Gasteiger partial charge is 0.841 e. The zero-order valence-electron chi connectivity index (χ0n) is 31.2. The van der Waals surface area contributed by atoms with E-state index in [1.54, 1.807) is 12.1 Å². The number of unbranched alkanes of at least 4 members (excludes halogenated alkanes) is 8. The van der Waals surface area contributed by atoms with Crippen LogP contribution in [0.4, 0.5) is 0 Å². The summed E-state index contributed by atoms with van der Waals surface area (Å²) < 4.78 is 2.84. The molecule has 0 spiro atoms. The van der Waals surface area contributed by atoms with E-state index in [0.717, 1.165) is 5.56 Å². The molecule has 0 aliphatic rings. The summed E-state index contributed by atoms with van der Waals surface area (Å²) in [5.74, 6) is 0. The van der Waals surface area contributed by atoms with Gasteiger partial charge in [0.2, 0.25) is 0 Å². The summed E-state index contributed by atoms with van der Waals surface area (Å²) in [7, 11) is -2.28. The van der Waals surface area contributed by atoms with E-state index >= 15 is 0 Å². The van der Waals surface area contributed by atoms with Gasteiger partial charge in [0.15, 0.2) is 0 Å². The Bertz CT molecular complexity index is 575. The van der Waals surface area contributed by atoms with Crippen molar-refractivity contribution in [3.8, 4) is 0 Å². The van der Waals surface area contributed by atoms with Crippen molar-refractivity contribution >= 4 is 8.38 Å². The molecule has 0 atom stereocenters. The molecular weight excluding hydrogens is 559 g/mol. The molecular formula is C39H79N2O2P. The van der Waals surface area contributed by atoms with Gasteiger partial charge in [-0.25, -0.2) is 0 Å². The van der Waals surface area contributed by atoms with Gasteiger partial charge in [-0.05, 0) is 63.1 Å². The first-order chi connectivity index (χ1) is 21.3. The third kappa shape index (κ3) is 25.7. The minimum atomic E-state index is -2.28. The van der Waals surface area contributed by atoms with Crippen LogP contribution < -0.4 is 9.79 Å². The minimum Gasteiger partial charge on any atom is -0.841 e. The second kappa shape index (κ2) is 32.4. The maximum absolute atomic E-state index is 10.2. The number of nitrogens with zero attached hydrogens (tertiary/aromatic N) is 2. The average molecular weight is 639 g/mol. The molecule has 0 saturated heterocycles. The van der Waals surface area contributed by atoms with Gasteiger partial charge < -0.3 is 27.1 Å². The highest BCUT2D eigenvalue weighted by Gasteiger charge is 2.25. The molecule has 1 rings (SSSR count). The number of rotatable bonds is 26. The van der Waals surface area contributed by atoms with Gasteiger partial charge in [0.05, 0.1) is 52.4 Å². The first-order valence-electron chi connectivity index (χ1n) is 19.1. The topological polar surface area (TPSA) is 46.1 Å². The molecule has 0 aliphatic heterocycles. The van der Waals surface area contributed by atoms with Crippen LogP contribution in [0.1, 0.15) is 164 Å². The van der Waals surface area contributed by atoms with Gasteiger partial charge in [-0.3, -0.25) is 0 Å². The van der Waals surface area contributed by atoms with E-state index < -0.39 is 8.38 Å². The molecule has 0 fully saturated rings. The van der Waals surface area contributed by atoms with E-state index in [4.69, 9.17) is 0 Å². The normalized spacial score (nSPS) is 11.6. The van der Waals surface area contributed by atoms with Crippen LogP contribution in [0, 0.1) is 0 Å². The molecule has 0 N–H and O–H groups in total. The molecule has 0 radical (unpaired) electrons. The predicted octanol–water partition coefficient (Wildman–Crippen LogP) is 10.2. The predicted molar refractivity (Wildman–Crippen MR) is 196 cm³/mol. The van der Waals surface area contributed by atoms with Crippen molar-refractivity contribution in [2.75, 3.05) is 52.4 Å². The third-order valence-electron chi connectivity index (χ3n) is 9.04. The van der Waals surface area contributed by atoms with E-state index in [-0.39, 0.29) is 6.16 Å². The van der Waals surface area contributed by atoms with E-state index in [1.807, 2.05) is 18.2 Å². The summed E-state index contributed by atoms with van der Waals surface area (Å²) in [5, 5.41) is 0. The van der Waals surface area contributed by atoms with Crippen LogP contribution in [0.15, 0.2) is 30.3 Å². The van der Waals surface area contributed by atoms with Gasteiger partial charge in [-0.2, -0.15) is 0 Å². The Kier molecular flexibility index (Phi) is 33.6. The van der Waals surface area contributed by atoms with Crippen molar-refractivity contribution in [3.05, 3.63) is 35.9 Å². The van der Waals surface area contributed by atoms with Crippen LogP contribution in [0.25, 0.3) is 0 Å². The van der Waals surface area contributed by atoms with Crippen LogP contribution in [-0.4, -0.2) is 61.3 Å². The average Bonchev–Trinajstić information content (AvgIpc) is 3.04. The maximum atomic E-state index is 10.2. The molecule has 262 valence electrons. The number of benzene rings is 1.